The van der Waals surface area contributed by atoms with Gasteiger partial charge in [0.25, 0.3) is 0 Å². The average Bonchev–Trinajstić information content (AvgIpc) is 3.53. The Morgan fingerprint density at radius 1 is 1.12 bits per heavy atom. The average molecular weight is 446 g/mol. The first-order chi connectivity index (χ1) is 16.2. The molecule has 1 aromatic carbocycles. The van der Waals surface area contributed by atoms with E-state index in [-0.39, 0.29) is 6.03 Å². The molecule has 3 aromatic rings. The van der Waals surface area contributed by atoms with E-state index in [1.807, 2.05) is 22.2 Å². The Bertz CT molecular complexity index is 1190. The molecule has 1 atom stereocenters. The molecular formula is C26H31N5O2. The quantitative estimate of drug-likeness (QED) is 0.630. The molecule has 2 aromatic heterocycles. The highest BCUT2D eigenvalue weighted by atomic mass is 16.5. The predicted octanol–water partition coefficient (Wildman–Crippen LogP) is 3.77. The van der Waals surface area contributed by atoms with Gasteiger partial charge in [-0.2, -0.15) is 0 Å². The number of fused-ring (bicyclic) bond motifs is 2. The number of aromatic nitrogens is 2. The smallest absolute Gasteiger partial charge is 0.320 e. The highest BCUT2D eigenvalue weighted by molar-refractivity contribution is 5.84. The number of hydrogen-bond donors (Lipinski definition) is 2. The van der Waals surface area contributed by atoms with E-state index in [4.69, 9.17) is 4.74 Å². The molecule has 0 bridgehead atoms. The molecular weight excluding hydrogens is 414 g/mol. The molecule has 5 heterocycles. The number of aryl methyl sites for hydroxylation is 1. The van der Waals surface area contributed by atoms with Crippen LogP contribution in [0.1, 0.15) is 41.1 Å². The lowest BCUT2D eigenvalue weighted by Gasteiger charge is -2.37. The fourth-order valence-corrected chi connectivity index (χ4v) is 5.54. The minimum absolute atomic E-state index is 0.149. The van der Waals surface area contributed by atoms with E-state index in [1.54, 1.807) is 0 Å². The number of pyridine rings is 1. The Hall–Kier alpha value is -2.90. The normalized spacial score (nSPS) is 20.9. The number of morpholine rings is 1. The lowest BCUT2D eigenvalue weighted by molar-refractivity contribution is 0.0421. The molecule has 0 radical (unpaired) electrons. The van der Waals surface area contributed by atoms with Crippen LogP contribution in [0.4, 0.5) is 4.79 Å². The van der Waals surface area contributed by atoms with E-state index in [2.05, 4.69) is 40.4 Å². The summed E-state index contributed by atoms with van der Waals surface area (Å²) in [6, 6.07) is 7.42. The maximum absolute atomic E-state index is 13.2. The number of H-pyrrole nitrogens is 1. The highest BCUT2D eigenvalue weighted by Gasteiger charge is 2.30. The fraction of sp³-hybridized carbons (Fsp3) is 0.462. The molecule has 7 heteroatoms. The number of rotatable bonds is 2. The van der Waals surface area contributed by atoms with Crippen LogP contribution in [0, 0.1) is 6.92 Å². The van der Waals surface area contributed by atoms with Crippen LogP contribution in [0.2, 0.25) is 0 Å². The van der Waals surface area contributed by atoms with Crippen molar-refractivity contribution >= 4 is 17.1 Å². The topological polar surface area (TPSA) is 73.5 Å². The zero-order valence-corrected chi connectivity index (χ0v) is 19.2. The van der Waals surface area contributed by atoms with Gasteiger partial charge >= 0.3 is 6.03 Å². The maximum atomic E-state index is 13.2. The van der Waals surface area contributed by atoms with E-state index >= 15 is 0 Å². The molecule has 2 N–H and O–H groups in total. The van der Waals surface area contributed by atoms with Crippen LogP contribution in [0.15, 0.2) is 30.6 Å². The lowest BCUT2D eigenvalue weighted by Crippen LogP contribution is -2.49. The molecule has 2 saturated heterocycles. The van der Waals surface area contributed by atoms with Crippen molar-refractivity contribution in [1.29, 1.82) is 0 Å². The van der Waals surface area contributed by atoms with Crippen LogP contribution in [0.5, 0.6) is 0 Å². The lowest BCUT2D eigenvalue weighted by atomic mass is 9.87. The Kier molecular flexibility index (Phi) is 5.31. The molecule has 2 fully saturated rings. The SMILES string of the molecule is Cc1c[nH]c2ncc(-c3cc4c(c(C5CCCN5)c3)CN(C(=O)N3CCOCC3)CC4)cc12. The molecule has 0 saturated carbocycles. The summed E-state index contributed by atoms with van der Waals surface area (Å²) in [5.41, 5.74) is 8.58. The molecule has 2 amide bonds. The third-order valence-corrected chi connectivity index (χ3v) is 7.44. The summed E-state index contributed by atoms with van der Waals surface area (Å²) in [6.45, 7) is 7.26. The summed E-state index contributed by atoms with van der Waals surface area (Å²) in [6.07, 6.45) is 7.21. The molecule has 3 aliphatic rings. The number of ether oxygens (including phenoxy) is 1. The maximum Gasteiger partial charge on any atom is 0.320 e. The molecule has 6 rings (SSSR count). The third-order valence-electron chi connectivity index (χ3n) is 7.44. The van der Waals surface area contributed by atoms with Gasteiger partial charge in [-0.1, -0.05) is 6.07 Å². The second kappa shape index (κ2) is 8.47. The van der Waals surface area contributed by atoms with Crippen molar-refractivity contribution in [3.8, 4) is 11.1 Å². The van der Waals surface area contributed by atoms with Gasteiger partial charge in [-0.05, 0) is 72.7 Å². The van der Waals surface area contributed by atoms with E-state index in [1.165, 1.54) is 39.6 Å². The largest absolute Gasteiger partial charge is 0.378 e. The predicted molar refractivity (Wildman–Crippen MR) is 128 cm³/mol. The van der Waals surface area contributed by atoms with Crippen molar-refractivity contribution < 1.29 is 9.53 Å². The first-order valence-corrected chi connectivity index (χ1v) is 12.1. The van der Waals surface area contributed by atoms with Crippen molar-refractivity contribution in [2.75, 3.05) is 39.4 Å². The van der Waals surface area contributed by atoms with Crippen LogP contribution in [0.3, 0.4) is 0 Å². The number of benzene rings is 1. The Morgan fingerprint density at radius 2 is 2.00 bits per heavy atom. The number of carbonyl (C=O) groups is 1. The van der Waals surface area contributed by atoms with Crippen LogP contribution >= 0.6 is 0 Å². The molecule has 3 aliphatic heterocycles. The minimum atomic E-state index is 0.149. The molecule has 7 nitrogen and oxygen atoms in total. The number of nitrogens with one attached hydrogen (secondary N) is 2. The van der Waals surface area contributed by atoms with Crippen LogP contribution in [-0.4, -0.2) is 65.2 Å². The van der Waals surface area contributed by atoms with Crippen LogP contribution in [0.25, 0.3) is 22.2 Å². The zero-order chi connectivity index (χ0) is 22.4. The number of urea groups is 1. The summed E-state index contributed by atoms with van der Waals surface area (Å²) >= 11 is 0. The number of nitrogens with zero attached hydrogens (tertiary/aromatic N) is 3. The third kappa shape index (κ3) is 3.79. The van der Waals surface area contributed by atoms with Gasteiger partial charge in [-0.15, -0.1) is 0 Å². The van der Waals surface area contributed by atoms with Gasteiger partial charge in [0, 0.05) is 55.6 Å². The van der Waals surface area contributed by atoms with Gasteiger partial charge in [0.05, 0.1) is 13.2 Å². The Labute approximate surface area is 194 Å². The fourth-order valence-electron chi connectivity index (χ4n) is 5.54. The number of carbonyl (C=O) groups excluding carboxylic acids is 1. The molecule has 1 unspecified atom stereocenters. The summed E-state index contributed by atoms with van der Waals surface area (Å²) in [5, 5.41) is 4.87. The summed E-state index contributed by atoms with van der Waals surface area (Å²) in [5.74, 6) is 0. The van der Waals surface area contributed by atoms with Crippen molar-refractivity contribution in [1.82, 2.24) is 25.1 Å². The number of aromatic amines is 1. The van der Waals surface area contributed by atoms with Gasteiger partial charge in [0.1, 0.15) is 5.65 Å². The van der Waals surface area contributed by atoms with Gasteiger partial charge in [-0.25, -0.2) is 9.78 Å². The first-order valence-electron chi connectivity index (χ1n) is 12.1. The molecule has 172 valence electrons. The number of hydrogen-bond acceptors (Lipinski definition) is 4. The second-order valence-corrected chi connectivity index (χ2v) is 9.50. The zero-order valence-electron chi connectivity index (χ0n) is 19.2. The van der Waals surface area contributed by atoms with Gasteiger partial charge < -0.3 is 24.8 Å². The summed E-state index contributed by atoms with van der Waals surface area (Å²) in [7, 11) is 0. The monoisotopic (exact) mass is 445 g/mol. The second-order valence-electron chi connectivity index (χ2n) is 9.50. The Balaban J connectivity index is 1.37. The molecule has 0 aliphatic carbocycles. The van der Waals surface area contributed by atoms with Crippen molar-refractivity contribution in [3.63, 3.8) is 0 Å². The van der Waals surface area contributed by atoms with Crippen LogP contribution < -0.4 is 5.32 Å². The van der Waals surface area contributed by atoms with E-state index in [0.717, 1.165) is 37.1 Å². The van der Waals surface area contributed by atoms with Gasteiger partial charge in [0.2, 0.25) is 0 Å². The highest BCUT2D eigenvalue weighted by Crippen LogP contribution is 2.36. The van der Waals surface area contributed by atoms with E-state index in [0.29, 0.717) is 38.9 Å². The van der Waals surface area contributed by atoms with E-state index < -0.39 is 0 Å². The molecule has 0 spiro atoms. The molecule has 33 heavy (non-hydrogen) atoms. The van der Waals surface area contributed by atoms with Gasteiger partial charge in [0.15, 0.2) is 0 Å². The van der Waals surface area contributed by atoms with Gasteiger partial charge in [-0.3, -0.25) is 0 Å². The minimum Gasteiger partial charge on any atom is -0.378 e. The van der Waals surface area contributed by atoms with E-state index in [9.17, 15) is 4.79 Å². The first kappa shape index (κ1) is 20.7. The standard InChI is InChI=1S/C26H31N5O2/c1-17-14-28-25-21(17)13-20(15-29-25)19-11-18-4-6-31(26(32)30-7-9-33-10-8-30)16-23(18)22(12-19)24-3-2-5-27-24/h11-15,24,27H,2-10,16H2,1H3,(H,28,29). The summed E-state index contributed by atoms with van der Waals surface area (Å²) in [4.78, 5) is 25.1. The summed E-state index contributed by atoms with van der Waals surface area (Å²) < 4.78 is 5.44. The van der Waals surface area contributed by atoms with Crippen LogP contribution in [-0.2, 0) is 17.7 Å². The number of amides is 2. The Morgan fingerprint density at radius 3 is 2.82 bits per heavy atom. The van der Waals surface area contributed by atoms with Crippen molar-refractivity contribution in [2.45, 2.75) is 38.8 Å². The van der Waals surface area contributed by atoms with Crippen molar-refractivity contribution in [3.05, 3.63) is 52.8 Å². The van der Waals surface area contributed by atoms with Crippen molar-refractivity contribution in [2.24, 2.45) is 0 Å².